The van der Waals surface area contributed by atoms with E-state index in [1.54, 1.807) is 0 Å². The second-order valence-electron chi connectivity index (χ2n) is 5.50. The van der Waals surface area contributed by atoms with Crippen LogP contribution in [0.3, 0.4) is 0 Å². The maximum absolute atomic E-state index is 12.4. The van der Waals surface area contributed by atoms with E-state index in [0.717, 1.165) is 36.7 Å². The van der Waals surface area contributed by atoms with Gasteiger partial charge in [0.1, 0.15) is 0 Å². The van der Waals surface area contributed by atoms with Crippen molar-refractivity contribution in [1.29, 1.82) is 0 Å². The molecule has 0 spiro atoms. The van der Waals surface area contributed by atoms with Crippen molar-refractivity contribution in [3.63, 3.8) is 0 Å². The molecular weight excluding hydrogens is 252 g/mol. The highest BCUT2D eigenvalue weighted by Crippen LogP contribution is 2.23. The topological polar surface area (TPSA) is 83.8 Å². The lowest BCUT2D eigenvalue weighted by Gasteiger charge is -2.19. The molecule has 2 unspecified atom stereocenters. The highest BCUT2D eigenvalue weighted by atomic mass is 16.2. The number of anilines is 1. The summed E-state index contributed by atoms with van der Waals surface area (Å²) in [6, 6.07) is 7.68. The monoisotopic (exact) mass is 272 g/mol. The second kappa shape index (κ2) is 5.63. The fraction of sp³-hybridized carbons (Fsp3) is 0.467. The molecule has 106 valence electrons. The molecule has 4 N–H and O–H groups in total. The largest absolute Gasteiger partial charge is 0.327 e. The number of nitrogens with zero attached hydrogens (tertiary/aromatic N) is 1. The Bertz CT molecular complexity index is 574. The number of aromatic nitrogens is 2. The Kier molecular flexibility index (Phi) is 3.69. The van der Waals surface area contributed by atoms with Crippen LogP contribution in [0.1, 0.15) is 32.1 Å². The lowest BCUT2D eigenvalue weighted by atomic mass is 9.95. The number of rotatable bonds is 2. The fourth-order valence-corrected chi connectivity index (χ4v) is 2.88. The van der Waals surface area contributed by atoms with Crippen molar-refractivity contribution < 1.29 is 4.79 Å². The molecule has 5 nitrogen and oxygen atoms in total. The summed E-state index contributed by atoms with van der Waals surface area (Å²) in [7, 11) is 0. The summed E-state index contributed by atoms with van der Waals surface area (Å²) in [6.45, 7) is 0. The number of carbonyl (C=O) groups is 1. The van der Waals surface area contributed by atoms with Crippen LogP contribution in [-0.2, 0) is 4.79 Å². The van der Waals surface area contributed by atoms with Gasteiger partial charge in [0.25, 0.3) is 0 Å². The van der Waals surface area contributed by atoms with Crippen LogP contribution in [0.15, 0.2) is 24.3 Å². The third-order valence-electron chi connectivity index (χ3n) is 4.04. The van der Waals surface area contributed by atoms with Crippen molar-refractivity contribution in [3.05, 3.63) is 24.3 Å². The van der Waals surface area contributed by atoms with E-state index in [1.807, 2.05) is 24.3 Å². The molecular formula is C15H20N4O. The predicted molar refractivity (Wildman–Crippen MR) is 79.3 cm³/mol. The number of benzene rings is 1. The molecule has 0 bridgehead atoms. The zero-order valence-electron chi connectivity index (χ0n) is 11.4. The molecule has 2 atom stereocenters. The second-order valence-corrected chi connectivity index (χ2v) is 5.50. The first kappa shape index (κ1) is 13.1. The summed E-state index contributed by atoms with van der Waals surface area (Å²) < 4.78 is 0. The van der Waals surface area contributed by atoms with E-state index in [9.17, 15) is 4.79 Å². The first-order chi connectivity index (χ1) is 9.74. The normalized spacial score (nSPS) is 23.4. The number of para-hydroxylation sites is 2. The Morgan fingerprint density at radius 1 is 1.25 bits per heavy atom. The average molecular weight is 272 g/mol. The number of fused-ring (bicyclic) bond motifs is 1. The van der Waals surface area contributed by atoms with Gasteiger partial charge in [-0.15, -0.1) is 0 Å². The van der Waals surface area contributed by atoms with Crippen molar-refractivity contribution in [2.24, 2.45) is 11.7 Å². The molecule has 1 aliphatic carbocycles. The summed E-state index contributed by atoms with van der Waals surface area (Å²) >= 11 is 0. The van der Waals surface area contributed by atoms with E-state index in [-0.39, 0.29) is 17.9 Å². The Morgan fingerprint density at radius 3 is 2.90 bits per heavy atom. The standard InChI is InChI=1S/C15H20N4O/c16-11-7-3-1-2-6-10(11)14(20)19-15-17-12-8-4-5-9-13(12)18-15/h4-5,8-11H,1-3,6-7,16H2,(H2,17,18,19,20). The molecule has 3 rings (SSSR count). The zero-order chi connectivity index (χ0) is 13.9. The summed E-state index contributed by atoms with van der Waals surface area (Å²) in [5.74, 6) is 0.386. The van der Waals surface area contributed by atoms with Gasteiger partial charge < -0.3 is 10.7 Å². The fourth-order valence-electron chi connectivity index (χ4n) is 2.88. The Balaban J connectivity index is 1.74. The van der Waals surface area contributed by atoms with Gasteiger partial charge >= 0.3 is 0 Å². The molecule has 1 aliphatic rings. The lowest BCUT2D eigenvalue weighted by molar-refractivity contribution is -0.120. The number of amides is 1. The van der Waals surface area contributed by atoms with E-state index < -0.39 is 0 Å². The molecule has 0 radical (unpaired) electrons. The minimum absolute atomic E-state index is 0.0153. The number of aromatic amines is 1. The van der Waals surface area contributed by atoms with Crippen molar-refractivity contribution in [2.75, 3.05) is 5.32 Å². The van der Waals surface area contributed by atoms with Crippen molar-refractivity contribution >= 4 is 22.9 Å². The Morgan fingerprint density at radius 2 is 2.05 bits per heavy atom. The van der Waals surface area contributed by atoms with E-state index in [4.69, 9.17) is 5.73 Å². The molecule has 1 amide bonds. The quantitative estimate of drug-likeness (QED) is 0.734. The SMILES string of the molecule is NC1CCCCCC1C(=O)Nc1nc2ccccc2[nH]1. The maximum Gasteiger partial charge on any atom is 0.231 e. The smallest absolute Gasteiger partial charge is 0.231 e. The van der Waals surface area contributed by atoms with Crippen LogP contribution in [0.4, 0.5) is 5.95 Å². The highest BCUT2D eigenvalue weighted by Gasteiger charge is 2.27. The van der Waals surface area contributed by atoms with Crippen LogP contribution < -0.4 is 11.1 Å². The molecule has 0 saturated heterocycles. The van der Waals surface area contributed by atoms with E-state index in [0.29, 0.717) is 5.95 Å². The van der Waals surface area contributed by atoms with Crippen molar-refractivity contribution in [1.82, 2.24) is 9.97 Å². The minimum atomic E-state index is -0.106. The first-order valence-corrected chi connectivity index (χ1v) is 7.25. The van der Waals surface area contributed by atoms with Gasteiger partial charge in [0, 0.05) is 6.04 Å². The third-order valence-corrected chi connectivity index (χ3v) is 4.04. The summed E-state index contributed by atoms with van der Waals surface area (Å²) in [6.07, 6.45) is 5.16. The number of H-pyrrole nitrogens is 1. The van der Waals surface area contributed by atoms with Crippen LogP contribution >= 0.6 is 0 Å². The minimum Gasteiger partial charge on any atom is -0.327 e. The number of hydrogen-bond donors (Lipinski definition) is 3. The summed E-state index contributed by atoms with van der Waals surface area (Å²) in [5, 5.41) is 2.87. The van der Waals surface area contributed by atoms with Gasteiger partial charge in [-0.25, -0.2) is 4.98 Å². The van der Waals surface area contributed by atoms with Crippen molar-refractivity contribution in [3.8, 4) is 0 Å². The zero-order valence-corrected chi connectivity index (χ0v) is 11.4. The third kappa shape index (κ3) is 2.67. The van der Waals surface area contributed by atoms with Crippen LogP contribution in [0.25, 0.3) is 11.0 Å². The molecule has 1 fully saturated rings. The molecule has 1 aromatic heterocycles. The molecule has 0 aliphatic heterocycles. The van der Waals surface area contributed by atoms with Crippen LogP contribution in [0, 0.1) is 5.92 Å². The maximum atomic E-state index is 12.4. The van der Waals surface area contributed by atoms with Gasteiger partial charge in [0.05, 0.1) is 17.0 Å². The van der Waals surface area contributed by atoms with E-state index in [1.165, 1.54) is 6.42 Å². The van der Waals surface area contributed by atoms with Gasteiger partial charge in [-0.3, -0.25) is 10.1 Å². The molecule has 5 heteroatoms. The molecule has 1 saturated carbocycles. The van der Waals surface area contributed by atoms with Gasteiger partial charge in [0.15, 0.2) is 0 Å². The molecule has 1 aromatic carbocycles. The number of carbonyl (C=O) groups excluding carboxylic acids is 1. The first-order valence-electron chi connectivity index (χ1n) is 7.25. The van der Waals surface area contributed by atoms with Gasteiger partial charge in [-0.1, -0.05) is 31.4 Å². The summed E-state index contributed by atoms with van der Waals surface area (Å²) in [5.41, 5.74) is 7.90. The number of nitrogens with two attached hydrogens (primary N) is 1. The predicted octanol–water partition coefficient (Wildman–Crippen LogP) is 2.41. The molecule has 1 heterocycles. The van der Waals surface area contributed by atoms with Gasteiger partial charge in [-0.2, -0.15) is 0 Å². The number of nitrogens with one attached hydrogen (secondary N) is 2. The van der Waals surface area contributed by atoms with E-state index in [2.05, 4.69) is 15.3 Å². The van der Waals surface area contributed by atoms with Gasteiger partial charge in [0.2, 0.25) is 11.9 Å². The van der Waals surface area contributed by atoms with Crippen LogP contribution in [-0.4, -0.2) is 21.9 Å². The molecule has 20 heavy (non-hydrogen) atoms. The van der Waals surface area contributed by atoms with Crippen molar-refractivity contribution in [2.45, 2.75) is 38.1 Å². The highest BCUT2D eigenvalue weighted by molar-refractivity contribution is 5.93. The number of imidazole rings is 1. The van der Waals surface area contributed by atoms with Crippen LogP contribution in [0.5, 0.6) is 0 Å². The average Bonchev–Trinajstić information content (AvgIpc) is 2.71. The number of hydrogen-bond acceptors (Lipinski definition) is 3. The summed E-state index contributed by atoms with van der Waals surface area (Å²) in [4.78, 5) is 19.8. The van der Waals surface area contributed by atoms with Crippen LogP contribution in [0.2, 0.25) is 0 Å². The van der Waals surface area contributed by atoms with E-state index >= 15 is 0 Å². The lowest BCUT2D eigenvalue weighted by Crippen LogP contribution is -2.38. The Labute approximate surface area is 118 Å². The molecule has 2 aromatic rings. The Hall–Kier alpha value is -1.88. The van der Waals surface area contributed by atoms with Gasteiger partial charge in [-0.05, 0) is 25.0 Å².